The van der Waals surface area contributed by atoms with E-state index in [0.29, 0.717) is 11.7 Å². The Bertz CT molecular complexity index is 498. The maximum Gasteiger partial charge on any atom is 0.243 e. The summed E-state index contributed by atoms with van der Waals surface area (Å²) in [5.41, 5.74) is 6.74. The molecule has 1 atom stereocenters. The second kappa shape index (κ2) is 5.88. The van der Waals surface area contributed by atoms with Crippen LogP contribution in [0.5, 0.6) is 5.75 Å². The topological polar surface area (TPSA) is 85.2 Å². The van der Waals surface area contributed by atoms with Crippen molar-refractivity contribution in [2.24, 2.45) is 5.73 Å². The Kier molecular flexibility index (Phi) is 4.22. The van der Waals surface area contributed by atoms with Crippen LogP contribution in [-0.2, 0) is 0 Å². The molecule has 2 rings (SSSR count). The number of nitrogens with two attached hydrogens (primary N) is 1. The van der Waals surface area contributed by atoms with Crippen LogP contribution in [0.3, 0.4) is 0 Å². The first-order chi connectivity index (χ1) is 8.70. The summed E-state index contributed by atoms with van der Waals surface area (Å²) < 4.78 is 5.15. The minimum Gasteiger partial charge on any atom is -0.508 e. The third-order valence-corrected chi connectivity index (χ3v) is 3.16. The number of aromatic hydroxyl groups is 1. The normalized spacial score (nSPS) is 12.6. The summed E-state index contributed by atoms with van der Waals surface area (Å²) in [6.07, 6.45) is 2.83. The summed E-state index contributed by atoms with van der Waals surface area (Å²) in [7, 11) is 0. The van der Waals surface area contributed by atoms with E-state index in [9.17, 15) is 5.11 Å². The zero-order valence-electron chi connectivity index (χ0n) is 10.0. The number of thioether (sulfide) groups is 1. The van der Waals surface area contributed by atoms with Crippen molar-refractivity contribution in [2.75, 3.05) is 12.0 Å². The maximum atomic E-state index is 9.21. The fraction of sp³-hybridized carbons (Fsp3) is 0.333. The van der Waals surface area contributed by atoms with Crippen molar-refractivity contribution >= 4 is 11.8 Å². The molecular weight excluding hydrogens is 250 g/mol. The van der Waals surface area contributed by atoms with Gasteiger partial charge in [-0.15, -0.1) is 0 Å². The molecule has 0 saturated heterocycles. The highest BCUT2D eigenvalue weighted by Gasteiger charge is 2.15. The number of benzene rings is 1. The molecule has 0 radical (unpaired) electrons. The van der Waals surface area contributed by atoms with Crippen molar-refractivity contribution in [1.29, 1.82) is 0 Å². The molecule has 2 aromatic rings. The van der Waals surface area contributed by atoms with E-state index < -0.39 is 0 Å². The molecule has 5 nitrogen and oxygen atoms in total. The van der Waals surface area contributed by atoms with E-state index in [-0.39, 0.29) is 11.8 Å². The Balaban J connectivity index is 2.12. The van der Waals surface area contributed by atoms with Gasteiger partial charge in [0.2, 0.25) is 11.7 Å². The lowest BCUT2D eigenvalue weighted by atomic mass is 10.2. The smallest absolute Gasteiger partial charge is 0.243 e. The summed E-state index contributed by atoms with van der Waals surface area (Å²) >= 11 is 1.73. The molecule has 6 heteroatoms. The molecule has 1 aromatic carbocycles. The molecular formula is C12H15N3O2S. The van der Waals surface area contributed by atoms with E-state index in [1.54, 1.807) is 36.0 Å². The molecule has 18 heavy (non-hydrogen) atoms. The van der Waals surface area contributed by atoms with Crippen molar-refractivity contribution in [1.82, 2.24) is 10.1 Å². The summed E-state index contributed by atoms with van der Waals surface area (Å²) in [5.74, 6) is 2.11. The number of hydrogen-bond acceptors (Lipinski definition) is 6. The van der Waals surface area contributed by atoms with E-state index in [0.717, 1.165) is 17.7 Å². The van der Waals surface area contributed by atoms with E-state index >= 15 is 0 Å². The lowest BCUT2D eigenvalue weighted by Crippen LogP contribution is -2.11. The number of nitrogens with zero attached hydrogens (tertiary/aromatic N) is 2. The van der Waals surface area contributed by atoms with Gasteiger partial charge in [-0.3, -0.25) is 0 Å². The van der Waals surface area contributed by atoms with Gasteiger partial charge in [0.15, 0.2) is 0 Å². The van der Waals surface area contributed by atoms with Crippen LogP contribution in [-0.4, -0.2) is 27.3 Å². The second-order valence-electron chi connectivity index (χ2n) is 3.89. The first-order valence-corrected chi connectivity index (χ1v) is 6.97. The number of aromatic nitrogens is 2. The molecule has 96 valence electrons. The van der Waals surface area contributed by atoms with Crippen LogP contribution in [0.4, 0.5) is 0 Å². The maximum absolute atomic E-state index is 9.21. The third-order valence-electron chi connectivity index (χ3n) is 2.52. The van der Waals surface area contributed by atoms with Crippen LogP contribution in [0.1, 0.15) is 18.4 Å². The molecule has 1 heterocycles. The van der Waals surface area contributed by atoms with Crippen LogP contribution in [0.15, 0.2) is 28.8 Å². The number of phenolic OH excluding ortho intramolecular Hbond substituents is 1. The fourth-order valence-corrected chi connectivity index (χ4v) is 1.97. The third kappa shape index (κ3) is 3.02. The number of hydrogen-bond donors (Lipinski definition) is 2. The molecule has 0 fully saturated rings. The quantitative estimate of drug-likeness (QED) is 0.862. The van der Waals surface area contributed by atoms with E-state index in [1.165, 1.54) is 0 Å². The van der Waals surface area contributed by atoms with Gasteiger partial charge in [0.25, 0.3) is 0 Å². The van der Waals surface area contributed by atoms with Gasteiger partial charge in [0.05, 0.1) is 6.04 Å². The van der Waals surface area contributed by atoms with E-state index in [1.807, 2.05) is 6.26 Å². The average Bonchev–Trinajstić information content (AvgIpc) is 2.86. The highest BCUT2D eigenvalue weighted by molar-refractivity contribution is 7.98. The molecule has 0 saturated carbocycles. The number of phenols is 1. The summed E-state index contributed by atoms with van der Waals surface area (Å²) in [5, 5.41) is 13.1. The van der Waals surface area contributed by atoms with Crippen LogP contribution in [0.25, 0.3) is 11.4 Å². The van der Waals surface area contributed by atoms with Crippen molar-refractivity contribution in [3.05, 3.63) is 30.2 Å². The highest BCUT2D eigenvalue weighted by atomic mass is 32.2. The van der Waals surface area contributed by atoms with Gasteiger partial charge in [-0.25, -0.2) is 0 Å². The minimum absolute atomic E-state index is 0.208. The highest BCUT2D eigenvalue weighted by Crippen LogP contribution is 2.21. The second-order valence-corrected chi connectivity index (χ2v) is 4.88. The Morgan fingerprint density at radius 1 is 1.39 bits per heavy atom. The van der Waals surface area contributed by atoms with Gasteiger partial charge in [-0.2, -0.15) is 16.7 Å². The van der Waals surface area contributed by atoms with Crippen LogP contribution in [0.2, 0.25) is 0 Å². The zero-order chi connectivity index (χ0) is 13.0. The van der Waals surface area contributed by atoms with E-state index in [2.05, 4.69) is 10.1 Å². The van der Waals surface area contributed by atoms with Gasteiger partial charge >= 0.3 is 0 Å². The predicted octanol–water partition coefficient (Wildman–Crippen LogP) is 2.20. The molecule has 0 aliphatic carbocycles. The summed E-state index contributed by atoms with van der Waals surface area (Å²) in [4.78, 5) is 4.27. The molecule has 0 amide bonds. The average molecular weight is 265 g/mol. The molecule has 1 aromatic heterocycles. The molecule has 0 aliphatic rings. The monoisotopic (exact) mass is 265 g/mol. The lowest BCUT2D eigenvalue weighted by Gasteiger charge is -2.03. The van der Waals surface area contributed by atoms with Crippen molar-refractivity contribution in [2.45, 2.75) is 12.5 Å². The van der Waals surface area contributed by atoms with Gasteiger partial charge in [0, 0.05) is 5.56 Å². The Morgan fingerprint density at radius 2 is 2.11 bits per heavy atom. The standard InChI is InChI=1S/C12H15N3O2S/c1-18-7-6-10(13)12-14-11(15-17-12)8-2-4-9(16)5-3-8/h2-5,10,16H,6-7,13H2,1H3/t10-/m0/s1. The zero-order valence-corrected chi connectivity index (χ0v) is 10.9. The van der Waals surface area contributed by atoms with E-state index in [4.69, 9.17) is 10.3 Å². The molecule has 0 spiro atoms. The molecule has 3 N–H and O–H groups in total. The number of rotatable bonds is 5. The minimum atomic E-state index is -0.226. The lowest BCUT2D eigenvalue weighted by molar-refractivity contribution is 0.353. The summed E-state index contributed by atoms with van der Waals surface area (Å²) in [6, 6.07) is 6.41. The SMILES string of the molecule is CSCC[C@H](N)c1nc(-c2ccc(O)cc2)no1. The van der Waals surface area contributed by atoms with Gasteiger partial charge in [0.1, 0.15) is 5.75 Å². The summed E-state index contributed by atoms with van der Waals surface area (Å²) in [6.45, 7) is 0. The molecule has 0 bridgehead atoms. The van der Waals surface area contributed by atoms with Gasteiger partial charge < -0.3 is 15.4 Å². The van der Waals surface area contributed by atoms with Gasteiger partial charge in [-0.05, 0) is 42.7 Å². The van der Waals surface area contributed by atoms with Crippen LogP contribution in [0, 0.1) is 0 Å². The Hall–Kier alpha value is -1.53. The first-order valence-electron chi connectivity index (χ1n) is 5.58. The van der Waals surface area contributed by atoms with Crippen LogP contribution >= 0.6 is 11.8 Å². The van der Waals surface area contributed by atoms with Crippen molar-refractivity contribution in [3.8, 4) is 17.1 Å². The molecule has 0 unspecified atom stereocenters. The van der Waals surface area contributed by atoms with Crippen molar-refractivity contribution < 1.29 is 9.63 Å². The van der Waals surface area contributed by atoms with Gasteiger partial charge in [-0.1, -0.05) is 5.16 Å². The largest absolute Gasteiger partial charge is 0.508 e. The fourth-order valence-electron chi connectivity index (χ4n) is 1.48. The van der Waals surface area contributed by atoms with Crippen LogP contribution < -0.4 is 5.73 Å². The Labute approximate surface area is 109 Å². The predicted molar refractivity (Wildman–Crippen MR) is 71.3 cm³/mol. The van der Waals surface area contributed by atoms with Crippen molar-refractivity contribution in [3.63, 3.8) is 0 Å². The first kappa shape index (κ1) is 12.9. The Morgan fingerprint density at radius 3 is 2.78 bits per heavy atom. The molecule has 0 aliphatic heterocycles.